The van der Waals surface area contributed by atoms with Gasteiger partial charge < -0.3 is 10.4 Å². The summed E-state index contributed by atoms with van der Waals surface area (Å²) < 4.78 is 0. The molecule has 16 heavy (non-hydrogen) atoms. The van der Waals surface area contributed by atoms with Gasteiger partial charge in [0.15, 0.2) is 0 Å². The van der Waals surface area contributed by atoms with Crippen LogP contribution in [0.4, 0.5) is 0 Å². The van der Waals surface area contributed by atoms with Crippen molar-refractivity contribution in [2.24, 2.45) is 11.8 Å². The molecule has 0 aliphatic heterocycles. The molecule has 0 aromatic carbocycles. The first-order valence-electron chi connectivity index (χ1n) is 6.14. The van der Waals surface area contributed by atoms with Crippen LogP contribution in [-0.2, 0) is 9.59 Å². The third kappa shape index (κ3) is 3.83. The van der Waals surface area contributed by atoms with Gasteiger partial charge in [-0.2, -0.15) is 0 Å². The summed E-state index contributed by atoms with van der Waals surface area (Å²) in [6.45, 7) is 2.51. The van der Waals surface area contributed by atoms with Crippen LogP contribution in [0.3, 0.4) is 0 Å². The lowest BCUT2D eigenvalue weighted by Crippen LogP contribution is -2.34. The van der Waals surface area contributed by atoms with Crippen LogP contribution in [0.5, 0.6) is 0 Å². The smallest absolute Gasteiger partial charge is 0.303 e. The first kappa shape index (κ1) is 13.0. The Balaban J connectivity index is 2.52. The van der Waals surface area contributed by atoms with E-state index in [1.54, 1.807) is 0 Å². The summed E-state index contributed by atoms with van der Waals surface area (Å²) in [5.74, 6) is -0.479. The molecule has 1 unspecified atom stereocenters. The molecule has 1 fully saturated rings. The van der Waals surface area contributed by atoms with E-state index in [-0.39, 0.29) is 18.2 Å². The fourth-order valence-electron chi connectivity index (χ4n) is 2.52. The molecule has 0 heterocycles. The summed E-state index contributed by atoms with van der Waals surface area (Å²) in [5.41, 5.74) is 0. The van der Waals surface area contributed by atoms with Crippen LogP contribution in [-0.4, -0.2) is 23.5 Å². The molecule has 1 saturated carbocycles. The molecule has 0 saturated heterocycles. The van der Waals surface area contributed by atoms with Gasteiger partial charge in [0, 0.05) is 18.9 Å². The Labute approximate surface area is 96.4 Å². The van der Waals surface area contributed by atoms with Crippen LogP contribution in [0.15, 0.2) is 0 Å². The van der Waals surface area contributed by atoms with Crippen molar-refractivity contribution in [2.45, 2.75) is 45.4 Å². The predicted octanol–water partition coefficient (Wildman–Crippen LogP) is 1.79. The maximum Gasteiger partial charge on any atom is 0.303 e. The fraction of sp³-hybridized carbons (Fsp3) is 0.833. The molecule has 4 heteroatoms. The topological polar surface area (TPSA) is 66.4 Å². The predicted molar refractivity (Wildman–Crippen MR) is 61.0 cm³/mol. The maximum atomic E-state index is 11.8. The van der Waals surface area contributed by atoms with E-state index in [0.29, 0.717) is 18.9 Å². The van der Waals surface area contributed by atoms with E-state index >= 15 is 0 Å². The van der Waals surface area contributed by atoms with Gasteiger partial charge in [-0.25, -0.2) is 0 Å². The number of carbonyl (C=O) groups is 2. The second kappa shape index (κ2) is 6.51. The highest BCUT2D eigenvalue weighted by molar-refractivity contribution is 5.79. The lowest BCUT2D eigenvalue weighted by atomic mass is 9.86. The molecule has 1 rings (SSSR count). The highest BCUT2D eigenvalue weighted by Gasteiger charge is 2.30. The normalized spacial score (nSPS) is 18.3. The Morgan fingerprint density at radius 3 is 2.50 bits per heavy atom. The van der Waals surface area contributed by atoms with Crippen molar-refractivity contribution in [3.63, 3.8) is 0 Å². The van der Waals surface area contributed by atoms with Gasteiger partial charge in [0.2, 0.25) is 5.91 Å². The van der Waals surface area contributed by atoms with E-state index in [4.69, 9.17) is 5.11 Å². The van der Waals surface area contributed by atoms with E-state index in [1.807, 2.05) is 6.92 Å². The molecule has 1 amide bonds. The summed E-state index contributed by atoms with van der Waals surface area (Å²) in [6, 6.07) is 0. The fourth-order valence-corrected chi connectivity index (χ4v) is 2.52. The lowest BCUT2D eigenvalue weighted by molar-refractivity contribution is -0.137. The number of hydrogen-bond donors (Lipinski definition) is 2. The Bertz CT molecular complexity index is 247. The minimum atomic E-state index is -0.813. The minimum absolute atomic E-state index is 0.0376. The molecule has 0 bridgehead atoms. The Morgan fingerprint density at radius 2 is 2.00 bits per heavy atom. The number of carbonyl (C=O) groups excluding carboxylic acids is 1. The van der Waals surface area contributed by atoms with E-state index < -0.39 is 5.97 Å². The number of aliphatic carboxylic acids is 1. The van der Waals surface area contributed by atoms with Crippen molar-refractivity contribution in [1.82, 2.24) is 5.32 Å². The van der Waals surface area contributed by atoms with Crippen LogP contribution in [0.2, 0.25) is 0 Å². The molecule has 4 nitrogen and oxygen atoms in total. The number of nitrogens with one attached hydrogen (secondary N) is 1. The third-order valence-electron chi connectivity index (χ3n) is 3.33. The van der Waals surface area contributed by atoms with Gasteiger partial charge in [-0.3, -0.25) is 9.59 Å². The van der Waals surface area contributed by atoms with Crippen molar-refractivity contribution in [3.05, 3.63) is 0 Å². The highest BCUT2D eigenvalue weighted by atomic mass is 16.4. The highest BCUT2D eigenvalue weighted by Crippen LogP contribution is 2.33. The Morgan fingerprint density at radius 1 is 1.38 bits per heavy atom. The molecule has 0 aromatic heterocycles. The molecule has 0 spiro atoms. The second-order valence-electron chi connectivity index (χ2n) is 4.48. The summed E-state index contributed by atoms with van der Waals surface area (Å²) >= 11 is 0. The zero-order valence-electron chi connectivity index (χ0n) is 9.87. The van der Waals surface area contributed by atoms with Gasteiger partial charge in [-0.15, -0.1) is 0 Å². The number of carboxylic acid groups (broad SMARTS) is 1. The lowest BCUT2D eigenvalue weighted by Gasteiger charge is -2.21. The van der Waals surface area contributed by atoms with Gasteiger partial charge in [0.1, 0.15) is 0 Å². The standard InChI is InChI=1S/C12H21NO3/c1-2-13-12(16)10(7-8-11(14)15)9-5-3-4-6-9/h9-10H,2-8H2,1H3,(H,13,16)(H,14,15). The maximum absolute atomic E-state index is 11.8. The monoisotopic (exact) mass is 227 g/mol. The van der Waals surface area contributed by atoms with Crippen molar-refractivity contribution < 1.29 is 14.7 Å². The van der Waals surface area contributed by atoms with Crippen LogP contribution in [0.1, 0.15) is 45.4 Å². The molecular formula is C12H21NO3. The van der Waals surface area contributed by atoms with E-state index in [9.17, 15) is 9.59 Å². The average Bonchev–Trinajstić information content (AvgIpc) is 2.71. The van der Waals surface area contributed by atoms with Crippen molar-refractivity contribution in [3.8, 4) is 0 Å². The van der Waals surface area contributed by atoms with Gasteiger partial charge in [0.25, 0.3) is 0 Å². The SMILES string of the molecule is CCNC(=O)C(CCC(=O)O)C1CCCC1. The molecule has 0 radical (unpaired) electrons. The summed E-state index contributed by atoms with van der Waals surface area (Å²) in [5, 5.41) is 11.5. The zero-order chi connectivity index (χ0) is 12.0. The largest absolute Gasteiger partial charge is 0.481 e. The van der Waals surface area contributed by atoms with Gasteiger partial charge in [-0.1, -0.05) is 12.8 Å². The number of carboxylic acids is 1. The van der Waals surface area contributed by atoms with Crippen molar-refractivity contribution in [1.29, 1.82) is 0 Å². The van der Waals surface area contributed by atoms with Gasteiger partial charge >= 0.3 is 5.97 Å². The Hall–Kier alpha value is -1.06. The van der Waals surface area contributed by atoms with Crippen molar-refractivity contribution >= 4 is 11.9 Å². The second-order valence-corrected chi connectivity index (χ2v) is 4.48. The molecular weight excluding hydrogens is 206 g/mol. The first-order valence-corrected chi connectivity index (χ1v) is 6.14. The van der Waals surface area contributed by atoms with Gasteiger partial charge in [0.05, 0.1) is 0 Å². The van der Waals surface area contributed by atoms with E-state index in [0.717, 1.165) is 12.8 Å². The van der Waals surface area contributed by atoms with Crippen LogP contribution < -0.4 is 5.32 Å². The zero-order valence-corrected chi connectivity index (χ0v) is 9.87. The van der Waals surface area contributed by atoms with Crippen LogP contribution in [0, 0.1) is 11.8 Å². The molecule has 2 N–H and O–H groups in total. The molecule has 1 aliphatic rings. The molecule has 1 atom stereocenters. The summed E-state index contributed by atoms with van der Waals surface area (Å²) in [4.78, 5) is 22.4. The van der Waals surface area contributed by atoms with Crippen LogP contribution in [0.25, 0.3) is 0 Å². The van der Waals surface area contributed by atoms with Crippen molar-refractivity contribution in [2.75, 3.05) is 6.54 Å². The Kier molecular flexibility index (Phi) is 5.29. The number of rotatable bonds is 6. The molecule has 0 aromatic rings. The molecule has 1 aliphatic carbocycles. The first-order chi connectivity index (χ1) is 7.65. The quantitative estimate of drug-likeness (QED) is 0.727. The molecule has 92 valence electrons. The summed E-state index contributed by atoms with van der Waals surface area (Å²) in [6.07, 6.45) is 5.06. The minimum Gasteiger partial charge on any atom is -0.481 e. The number of amides is 1. The van der Waals surface area contributed by atoms with Crippen LogP contribution >= 0.6 is 0 Å². The number of hydrogen-bond acceptors (Lipinski definition) is 2. The average molecular weight is 227 g/mol. The third-order valence-corrected chi connectivity index (χ3v) is 3.33. The van der Waals surface area contributed by atoms with Gasteiger partial charge in [-0.05, 0) is 32.1 Å². The van der Waals surface area contributed by atoms with E-state index in [2.05, 4.69) is 5.32 Å². The van der Waals surface area contributed by atoms with E-state index in [1.165, 1.54) is 12.8 Å². The summed E-state index contributed by atoms with van der Waals surface area (Å²) in [7, 11) is 0.